The molecule has 342 valence electrons. The highest BCUT2D eigenvalue weighted by atomic mass is 15.2. The van der Waals surface area contributed by atoms with Crippen LogP contribution in [0, 0.1) is 0 Å². The number of rotatable bonds is 9. The molecule has 73 heavy (non-hydrogen) atoms. The van der Waals surface area contributed by atoms with Gasteiger partial charge in [-0.2, -0.15) is 0 Å². The lowest BCUT2D eigenvalue weighted by Gasteiger charge is -2.29. The summed E-state index contributed by atoms with van der Waals surface area (Å²) in [6.45, 7) is 0. The highest BCUT2D eigenvalue weighted by Crippen LogP contribution is 2.45. The Hall–Kier alpha value is -9.77. The number of aromatic nitrogens is 3. The first-order chi connectivity index (χ1) is 36.2. The van der Waals surface area contributed by atoms with Crippen LogP contribution in [0.1, 0.15) is 0 Å². The van der Waals surface area contributed by atoms with Crippen molar-refractivity contribution in [1.29, 1.82) is 0 Å². The van der Waals surface area contributed by atoms with Crippen LogP contribution in [0.25, 0.3) is 111 Å². The first-order valence-electron chi connectivity index (χ1n) is 24.9. The normalized spacial score (nSPS) is 11.6. The first-order valence-corrected chi connectivity index (χ1v) is 24.9. The Bertz CT molecular complexity index is 4310. The van der Waals surface area contributed by atoms with Crippen LogP contribution in [-0.4, -0.2) is 14.1 Å². The summed E-state index contributed by atoms with van der Waals surface area (Å²) in [5, 5.41) is 7.27. The minimum absolute atomic E-state index is 0.896. The molecule has 3 aromatic heterocycles. The largest absolute Gasteiger partial charge is 0.309 e. The van der Waals surface area contributed by atoms with Crippen molar-refractivity contribution >= 4 is 71.4 Å². The highest BCUT2D eigenvalue weighted by Gasteiger charge is 2.23. The van der Waals surface area contributed by atoms with E-state index in [4.69, 9.17) is 4.98 Å². The number of fused-ring (bicyclic) bond motifs is 7. The van der Waals surface area contributed by atoms with Gasteiger partial charge in [-0.25, -0.2) is 4.98 Å². The van der Waals surface area contributed by atoms with Crippen molar-refractivity contribution in [1.82, 2.24) is 14.1 Å². The zero-order valence-electron chi connectivity index (χ0n) is 39.8. The van der Waals surface area contributed by atoms with Gasteiger partial charge in [-0.1, -0.05) is 182 Å². The fourth-order valence-electron chi connectivity index (χ4n) is 11.0. The van der Waals surface area contributed by atoms with Crippen molar-refractivity contribution < 1.29 is 0 Å². The van der Waals surface area contributed by atoms with Gasteiger partial charge in [-0.15, -0.1) is 0 Å². The van der Waals surface area contributed by atoms with E-state index in [1.807, 2.05) is 0 Å². The first kappa shape index (κ1) is 42.1. The van der Waals surface area contributed by atoms with Crippen LogP contribution < -0.4 is 4.90 Å². The van der Waals surface area contributed by atoms with Crippen molar-refractivity contribution in [2.45, 2.75) is 0 Å². The van der Waals surface area contributed by atoms with Crippen molar-refractivity contribution in [3.05, 3.63) is 279 Å². The molecular weight excluding hydrogens is 885 g/mol. The number of nitrogens with zero attached hydrogens (tertiary/aromatic N) is 4. The SMILES string of the molecule is c1ccc(-c2ccc(N(c3cc(-c4ccc(-n5c6ccccc6c6ccccc65)cc4)cc(-c4ccc5c(c4)c4ccccc4n5-c4ccccc4)c3)c3ccc4ccccc4c3)c(-c3ccccc3)n2)cc1. The molecule has 0 saturated carbocycles. The number of hydrogen-bond acceptors (Lipinski definition) is 2. The lowest BCUT2D eigenvalue weighted by molar-refractivity contribution is 1.18. The third kappa shape index (κ3) is 7.35. The number of pyridine rings is 1. The Morgan fingerprint density at radius 2 is 0.781 bits per heavy atom. The Balaban J connectivity index is 1.01. The summed E-state index contributed by atoms with van der Waals surface area (Å²) >= 11 is 0. The van der Waals surface area contributed by atoms with Gasteiger partial charge in [-0.3, -0.25) is 0 Å². The third-order valence-corrected chi connectivity index (χ3v) is 14.5. The molecule has 0 N–H and O–H groups in total. The molecule has 14 aromatic rings. The molecule has 0 bridgehead atoms. The molecule has 0 amide bonds. The van der Waals surface area contributed by atoms with Gasteiger partial charge in [-0.05, 0) is 130 Å². The number of anilines is 3. The van der Waals surface area contributed by atoms with Crippen LogP contribution in [-0.2, 0) is 0 Å². The molecule has 0 aliphatic heterocycles. The summed E-state index contributed by atoms with van der Waals surface area (Å²) < 4.78 is 4.77. The molecule has 3 heterocycles. The van der Waals surface area contributed by atoms with E-state index in [-0.39, 0.29) is 0 Å². The molecule has 4 nitrogen and oxygen atoms in total. The highest BCUT2D eigenvalue weighted by molar-refractivity contribution is 6.11. The standard InChI is InChI=1S/C69H46N4/c1-4-19-49(20-5-1)63-39-41-68(69(70-63)50-21-6-2-7-22-50)71(57-38-34-47-18-10-11-23-51(47)43-57)58-44-53(48-32-36-56(37-33-48)73-64-29-15-12-26-59(64)60-27-13-16-30-65(60)73)42-54(45-58)52-35-40-67-62(46-52)61-28-14-17-31-66(61)72(67)55-24-8-3-9-25-55/h1-46H. The van der Waals surface area contributed by atoms with E-state index in [9.17, 15) is 0 Å². The predicted octanol–water partition coefficient (Wildman–Crippen LogP) is 18.6. The summed E-state index contributed by atoms with van der Waals surface area (Å²) in [6, 6.07) is 101. The molecule has 0 aliphatic carbocycles. The predicted molar refractivity (Wildman–Crippen MR) is 307 cm³/mol. The topological polar surface area (TPSA) is 26.0 Å². The third-order valence-electron chi connectivity index (χ3n) is 14.5. The summed E-state index contributed by atoms with van der Waals surface area (Å²) in [6.07, 6.45) is 0. The van der Waals surface area contributed by atoms with E-state index in [0.29, 0.717) is 0 Å². The van der Waals surface area contributed by atoms with Crippen molar-refractivity contribution in [3.8, 4) is 56.1 Å². The molecular formula is C69H46N4. The van der Waals surface area contributed by atoms with Gasteiger partial charge in [0, 0.05) is 55.4 Å². The van der Waals surface area contributed by atoms with Crippen LogP contribution in [0.2, 0.25) is 0 Å². The second-order valence-corrected chi connectivity index (χ2v) is 18.8. The molecule has 0 radical (unpaired) electrons. The van der Waals surface area contributed by atoms with Gasteiger partial charge < -0.3 is 14.0 Å². The van der Waals surface area contributed by atoms with E-state index in [2.05, 4.69) is 293 Å². The summed E-state index contributed by atoms with van der Waals surface area (Å²) in [4.78, 5) is 7.94. The minimum atomic E-state index is 0.896. The van der Waals surface area contributed by atoms with Gasteiger partial charge in [0.05, 0.1) is 39.1 Å². The molecule has 14 rings (SSSR count). The lowest BCUT2D eigenvalue weighted by Crippen LogP contribution is -2.12. The van der Waals surface area contributed by atoms with E-state index in [1.165, 1.54) is 49.0 Å². The number of para-hydroxylation sites is 4. The van der Waals surface area contributed by atoms with E-state index < -0.39 is 0 Å². The fourth-order valence-corrected chi connectivity index (χ4v) is 11.0. The summed E-state index contributed by atoms with van der Waals surface area (Å²) in [7, 11) is 0. The molecule has 0 aliphatic rings. The maximum atomic E-state index is 5.53. The maximum Gasteiger partial charge on any atom is 0.0949 e. The summed E-state index contributed by atoms with van der Waals surface area (Å²) in [5.74, 6) is 0. The maximum absolute atomic E-state index is 5.53. The Morgan fingerprint density at radius 3 is 1.44 bits per heavy atom. The smallest absolute Gasteiger partial charge is 0.0949 e. The van der Waals surface area contributed by atoms with Gasteiger partial charge in [0.25, 0.3) is 0 Å². The zero-order chi connectivity index (χ0) is 48.2. The zero-order valence-corrected chi connectivity index (χ0v) is 39.8. The van der Waals surface area contributed by atoms with Crippen LogP contribution in [0.3, 0.4) is 0 Å². The summed E-state index contributed by atoms with van der Waals surface area (Å²) in [5.41, 5.74) is 18.4. The molecule has 0 atom stereocenters. The van der Waals surface area contributed by atoms with Crippen LogP contribution in [0.5, 0.6) is 0 Å². The van der Waals surface area contributed by atoms with Crippen LogP contribution >= 0.6 is 0 Å². The van der Waals surface area contributed by atoms with Crippen molar-refractivity contribution in [2.75, 3.05) is 4.90 Å². The monoisotopic (exact) mass is 930 g/mol. The average molecular weight is 931 g/mol. The van der Waals surface area contributed by atoms with Crippen LogP contribution in [0.4, 0.5) is 17.1 Å². The molecule has 0 fully saturated rings. The fraction of sp³-hybridized carbons (Fsp3) is 0. The minimum Gasteiger partial charge on any atom is -0.309 e. The second kappa shape index (κ2) is 17.6. The molecule has 4 heteroatoms. The molecule has 11 aromatic carbocycles. The Kier molecular flexibility index (Phi) is 10.1. The average Bonchev–Trinajstić information content (AvgIpc) is 3.99. The van der Waals surface area contributed by atoms with Crippen LogP contribution in [0.15, 0.2) is 279 Å². The lowest BCUT2D eigenvalue weighted by atomic mass is 9.95. The Labute approximate surface area is 423 Å². The second-order valence-electron chi connectivity index (χ2n) is 18.8. The van der Waals surface area contributed by atoms with Crippen molar-refractivity contribution in [3.63, 3.8) is 0 Å². The van der Waals surface area contributed by atoms with E-state index in [1.54, 1.807) is 0 Å². The molecule has 0 unspecified atom stereocenters. The van der Waals surface area contributed by atoms with Gasteiger partial charge in [0.15, 0.2) is 0 Å². The molecule has 0 saturated heterocycles. The van der Waals surface area contributed by atoms with Gasteiger partial charge >= 0.3 is 0 Å². The van der Waals surface area contributed by atoms with E-state index >= 15 is 0 Å². The van der Waals surface area contributed by atoms with E-state index in [0.717, 1.165) is 78.6 Å². The quantitative estimate of drug-likeness (QED) is 0.144. The number of benzene rings is 11. The van der Waals surface area contributed by atoms with Crippen molar-refractivity contribution in [2.24, 2.45) is 0 Å². The molecule has 0 spiro atoms. The van der Waals surface area contributed by atoms with Gasteiger partial charge in [0.1, 0.15) is 0 Å². The number of hydrogen-bond donors (Lipinski definition) is 0. The van der Waals surface area contributed by atoms with Gasteiger partial charge in [0.2, 0.25) is 0 Å². The Morgan fingerprint density at radius 1 is 0.274 bits per heavy atom.